The molecule has 1 unspecified atom stereocenters. The summed E-state index contributed by atoms with van der Waals surface area (Å²) in [5.41, 5.74) is -0.309. The number of carbonyl (C=O) groups is 1. The summed E-state index contributed by atoms with van der Waals surface area (Å²) in [6.07, 6.45) is 2.71. The first-order valence-electron chi connectivity index (χ1n) is 6.04. The molecule has 0 aliphatic carbocycles. The molecule has 1 aromatic carbocycles. The van der Waals surface area contributed by atoms with Crippen LogP contribution in [0, 0.1) is 0 Å². The summed E-state index contributed by atoms with van der Waals surface area (Å²) < 4.78 is 51.7. The number of nitrogens with zero attached hydrogens (tertiary/aromatic N) is 1. The Balaban J connectivity index is 2.35. The summed E-state index contributed by atoms with van der Waals surface area (Å²) >= 11 is 0. The number of sulfonamides is 1. The number of alkyl halides is 2. The van der Waals surface area contributed by atoms with Gasteiger partial charge in [-0.15, -0.1) is 0 Å². The van der Waals surface area contributed by atoms with Crippen molar-refractivity contribution in [2.45, 2.75) is 23.8 Å². The quantitative estimate of drug-likeness (QED) is 0.860. The van der Waals surface area contributed by atoms with E-state index in [4.69, 9.17) is 5.11 Å². The lowest BCUT2D eigenvalue weighted by molar-refractivity contribution is -0.139. The first-order chi connectivity index (χ1) is 9.64. The van der Waals surface area contributed by atoms with Gasteiger partial charge in [-0.05, 0) is 12.1 Å². The molecular weight excluding hydrogens is 304 g/mol. The summed E-state index contributed by atoms with van der Waals surface area (Å²) in [4.78, 5) is 10.8. The van der Waals surface area contributed by atoms with Crippen LogP contribution in [-0.2, 0) is 20.7 Å². The zero-order chi connectivity index (χ0) is 15.8. The van der Waals surface area contributed by atoms with Crippen molar-refractivity contribution in [3.8, 4) is 0 Å². The Morgan fingerprint density at radius 2 is 1.90 bits per heavy atom. The Morgan fingerprint density at radius 1 is 1.33 bits per heavy atom. The standard InChI is InChI=1S/C13H13F2NO4S/c1-13(14,15)9-4-6-10(7-5-9)21(19,20)16-8-2-3-11(16)12(17)18/h2-7,11H,8H2,1H3,(H,17,18). The van der Waals surface area contributed by atoms with Gasteiger partial charge in [0.2, 0.25) is 10.0 Å². The topological polar surface area (TPSA) is 74.7 Å². The van der Waals surface area contributed by atoms with Gasteiger partial charge in [-0.25, -0.2) is 17.2 Å². The third kappa shape index (κ3) is 2.96. The molecule has 1 aliphatic heterocycles. The number of carboxylic acid groups (broad SMARTS) is 1. The van der Waals surface area contributed by atoms with Crippen LogP contribution in [0.15, 0.2) is 41.3 Å². The molecule has 1 atom stereocenters. The molecule has 0 bridgehead atoms. The number of hydrogen-bond donors (Lipinski definition) is 1. The smallest absolute Gasteiger partial charge is 0.326 e. The number of benzene rings is 1. The van der Waals surface area contributed by atoms with Gasteiger partial charge in [0.05, 0.1) is 4.90 Å². The van der Waals surface area contributed by atoms with Gasteiger partial charge < -0.3 is 5.11 Å². The van der Waals surface area contributed by atoms with Crippen molar-refractivity contribution in [1.82, 2.24) is 4.31 Å². The highest BCUT2D eigenvalue weighted by Gasteiger charge is 2.36. The second-order valence-corrected chi connectivity index (χ2v) is 6.59. The van der Waals surface area contributed by atoms with Crippen molar-refractivity contribution in [3.05, 3.63) is 42.0 Å². The maximum atomic E-state index is 13.1. The highest BCUT2D eigenvalue weighted by atomic mass is 32.2. The summed E-state index contributed by atoms with van der Waals surface area (Å²) in [5, 5.41) is 8.99. The summed E-state index contributed by atoms with van der Waals surface area (Å²) in [7, 11) is -4.05. The minimum absolute atomic E-state index is 0.0645. The Hall–Kier alpha value is -1.80. The predicted octanol–water partition coefficient (Wildman–Crippen LogP) is 1.81. The first kappa shape index (κ1) is 15.6. The molecule has 1 aromatic rings. The molecule has 114 valence electrons. The zero-order valence-electron chi connectivity index (χ0n) is 11.0. The van der Waals surface area contributed by atoms with E-state index < -0.39 is 28.0 Å². The average Bonchev–Trinajstić information content (AvgIpc) is 2.88. The average molecular weight is 317 g/mol. The second-order valence-electron chi connectivity index (χ2n) is 4.70. The van der Waals surface area contributed by atoms with Gasteiger partial charge in [-0.1, -0.05) is 24.3 Å². The molecule has 21 heavy (non-hydrogen) atoms. The summed E-state index contributed by atoms with van der Waals surface area (Å²) in [5.74, 6) is -4.36. The van der Waals surface area contributed by atoms with Crippen molar-refractivity contribution in [1.29, 1.82) is 0 Å². The number of carboxylic acids is 1. The minimum Gasteiger partial charge on any atom is -0.480 e. The van der Waals surface area contributed by atoms with Crippen LogP contribution in [0.1, 0.15) is 12.5 Å². The molecule has 1 aliphatic rings. The van der Waals surface area contributed by atoms with Crippen LogP contribution in [-0.4, -0.2) is 36.4 Å². The van der Waals surface area contributed by atoms with Crippen LogP contribution >= 0.6 is 0 Å². The fourth-order valence-electron chi connectivity index (χ4n) is 2.01. The highest BCUT2D eigenvalue weighted by molar-refractivity contribution is 7.89. The molecule has 0 radical (unpaired) electrons. The van der Waals surface area contributed by atoms with Crippen LogP contribution in [0.3, 0.4) is 0 Å². The molecule has 5 nitrogen and oxygen atoms in total. The lowest BCUT2D eigenvalue weighted by Gasteiger charge is -2.21. The molecule has 0 amide bonds. The van der Waals surface area contributed by atoms with Gasteiger partial charge >= 0.3 is 5.97 Å². The predicted molar refractivity (Wildman–Crippen MR) is 70.5 cm³/mol. The van der Waals surface area contributed by atoms with Crippen LogP contribution in [0.4, 0.5) is 8.78 Å². The van der Waals surface area contributed by atoms with E-state index in [0.717, 1.165) is 28.6 Å². The third-order valence-electron chi connectivity index (χ3n) is 3.13. The molecule has 0 saturated heterocycles. The fraction of sp³-hybridized carbons (Fsp3) is 0.308. The fourth-order valence-corrected chi connectivity index (χ4v) is 3.50. The van der Waals surface area contributed by atoms with Crippen molar-refractivity contribution < 1.29 is 27.1 Å². The van der Waals surface area contributed by atoms with E-state index in [9.17, 15) is 22.0 Å². The van der Waals surface area contributed by atoms with Crippen LogP contribution in [0.2, 0.25) is 0 Å². The van der Waals surface area contributed by atoms with Gasteiger partial charge in [0.1, 0.15) is 6.04 Å². The van der Waals surface area contributed by atoms with E-state index in [-0.39, 0.29) is 17.0 Å². The van der Waals surface area contributed by atoms with E-state index in [2.05, 4.69) is 0 Å². The first-order valence-corrected chi connectivity index (χ1v) is 7.48. The van der Waals surface area contributed by atoms with E-state index in [1.165, 1.54) is 12.2 Å². The normalized spacial score (nSPS) is 19.9. The molecule has 8 heteroatoms. The molecule has 0 aromatic heterocycles. The van der Waals surface area contributed by atoms with E-state index in [1.54, 1.807) is 0 Å². The SMILES string of the molecule is CC(F)(F)c1ccc(S(=O)(=O)N2CC=CC2C(=O)O)cc1. The Morgan fingerprint density at radius 3 is 2.38 bits per heavy atom. The molecule has 0 saturated carbocycles. The van der Waals surface area contributed by atoms with Crippen molar-refractivity contribution in [3.63, 3.8) is 0 Å². The molecule has 1 N–H and O–H groups in total. The minimum atomic E-state index is -4.05. The van der Waals surface area contributed by atoms with Crippen molar-refractivity contribution in [2.24, 2.45) is 0 Å². The number of halogens is 2. The highest BCUT2D eigenvalue weighted by Crippen LogP contribution is 2.29. The van der Waals surface area contributed by atoms with Gasteiger partial charge in [-0.3, -0.25) is 4.79 Å². The van der Waals surface area contributed by atoms with E-state index in [1.807, 2.05) is 0 Å². The number of aliphatic carboxylic acids is 1. The maximum Gasteiger partial charge on any atom is 0.326 e. The number of rotatable bonds is 4. The van der Waals surface area contributed by atoms with Crippen LogP contribution in [0.25, 0.3) is 0 Å². The summed E-state index contributed by atoms with van der Waals surface area (Å²) in [6, 6.07) is 2.87. The van der Waals surface area contributed by atoms with E-state index >= 15 is 0 Å². The van der Waals surface area contributed by atoms with Crippen molar-refractivity contribution >= 4 is 16.0 Å². The second kappa shape index (κ2) is 5.19. The molecule has 2 rings (SSSR count). The van der Waals surface area contributed by atoms with Gasteiger partial charge in [0.25, 0.3) is 5.92 Å². The van der Waals surface area contributed by atoms with Crippen molar-refractivity contribution in [2.75, 3.05) is 6.54 Å². The van der Waals surface area contributed by atoms with Crippen LogP contribution < -0.4 is 0 Å². The Labute approximate surface area is 120 Å². The molecule has 0 spiro atoms. The maximum absolute atomic E-state index is 13.1. The molecular formula is C13H13F2NO4S. The van der Waals surface area contributed by atoms with Gasteiger partial charge in [0, 0.05) is 19.0 Å². The Bertz CT molecular complexity index is 677. The lowest BCUT2D eigenvalue weighted by Crippen LogP contribution is -2.40. The monoisotopic (exact) mass is 317 g/mol. The Kier molecular flexibility index (Phi) is 3.85. The molecule has 1 heterocycles. The van der Waals surface area contributed by atoms with Gasteiger partial charge in [-0.2, -0.15) is 4.31 Å². The largest absolute Gasteiger partial charge is 0.480 e. The zero-order valence-corrected chi connectivity index (χ0v) is 11.8. The van der Waals surface area contributed by atoms with Crippen LogP contribution in [0.5, 0.6) is 0 Å². The third-order valence-corrected chi connectivity index (χ3v) is 5.00. The number of hydrogen-bond acceptors (Lipinski definition) is 3. The van der Waals surface area contributed by atoms with Gasteiger partial charge in [0.15, 0.2) is 0 Å². The molecule has 0 fully saturated rings. The lowest BCUT2D eigenvalue weighted by atomic mass is 10.1. The van der Waals surface area contributed by atoms with E-state index in [0.29, 0.717) is 6.92 Å². The summed E-state index contributed by atoms with van der Waals surface area (Å²) in [6.45, 7) is 0.645.